The maximum atomic E-state index is 11.9. The quantitative estimate of drug-likeness (QED) is 0.832. The van der Waals surface area contributed by atoms with Crippen LogP contribution in [-0.2, 0) is 11.2 Å². The molecule has 0 aliphatic heterocycles. The highest BCUT2D eigenvalue weighted by atomic mass is 35.5. The Kier molecular flexibility index (Phi) is 5.09. The largest absolute Gasteiger partial charge is 0.325 e. The van der Waals surface area contributed by atoms with Gasteiger partial charge in [0.15, 0.2) is 0 Å². The molecule has 1 unspecified atom stereocenters. The van der Waals surface area contributed by atoms with Gasteiger partial charge in [-0.05, 0) is 30.5 Å². The fourth-order valence-electron chi connectivity index (χ4n) is 1.81. The molecule has 2 rings (SSSR count). The Morgan fingerprint density at radius 3 is 2.75 bits per heavy atom. The number of aromatic nitrogens is 1. The fourth-order valence-corrected chi connectivity index (χ4v) is 1.99. The van der Waals surface area contributed by atoms with Crippen molar-refractivity contribution in [2.24, 2.45) is 5.73 Å². The molecule has 0 spiro atoms. The number of anilines is 1. The Balaban J connectivity index is 1.86. The maximum Gasteiger partial charge on any atom is 0.241 e. The Morgan fingerprint density at radius 1 is 1.30 bits per heavy atom. The molecule has 0 bridgehead atoms. The van der Waals surface area contributed by atoms with E-state index in [1.54, 1.807) is 12.1 Å². The number of hydrogen-bond donors (Lipinski definition) is 2. The number of nitrogens with two attached hydrogens (primary N) is 1. The summed E-state index contributed by atoms with van der Waals surface area (Å²) in [5, 5.41) is 3.06. The number of rotatable bonds is 5. The van der Waals surface area contributed by atoms with E-state index in [9.17, 15) is 4.79 Å². The summed E-state index contributed by atoms with van der Waals surface area (Å²) in [6.07, 6.45) is 2.90. The van der Waals surface area contributed by atoms with Gasteiger partial charge in [0.05, 0.1) is 6.04 Å². The molecule has 0 saturated heterocycles. The molecule has 1 aromatic carbocycles. The van der Waals surface area contributed by atoms with E-state index in [0.717, 1.165) is 6.42 Å². The first-order chi connectivity index (χ1) is 9.65. The third-order valence-electron chi connectivity index (χ3n) is 2.92. The highest BCUT2D eigenvalue weighted by Crippen LogP contribution is 2.12. The SMILES string of the molecule is NC(CCc1ccccc1)C(=O)Nc1ccnc(Cl)c1. The summed E-state index contributed by atoms with van der Waals surface area (Å²) in [6.45, 7) is 0. The van der Waals surface area contributed by atoms with Gasteiger partial charge in [0.25, 0.3) is 0 Å². The summed E-state index contributed by atoms with van der Waals surface area (Å²) >= 11 is 5.76. The van der Waals surface area contributed by atoms with Gasteiger partial charge >= 0.3 is 0 Å². The van der Waals surface area contributed by atoms with E-state index in [-0.39, 0.29) is 5.91 Å². The van der Waals surface area contributed by atoms with Crippen LogP contribution in [-0.4, -0.2) is 16.9 Å². The van der Waals surface area contributed by atoms with Crippen LogP contribution in [0.3, 0.4) is 0 Å². The van der Waals surface area contributed by atoms with Gasteiger partial charge in [0, 0.05) is 11.9 Å². The topological polar surface area (TPSA) is 68.0 Å². The summed E-state index contributed by atoms with van der Waals surface area (Å²) in [5.74, 6) is -0.219. The molecule has 5 heteroatoms. The van der Waals surface area contributed by atoms with Crippen molar-refractivity contribution in [2.75, 3.05) is 5.32 Å². The zero-order valence-corrected chi connectivity index (χ0v) is 11.7. The molecule has 0 aliphatic rings. The van der Waals surface area contributed by atoms with Crippen molar-refractivity contribution in [2.45, 2.75) is 18.9 Å². The third-order valence-corrected chi connectivity index (χ3v) is 3.12. The highest BCUT2D eigenvalue weighted by Gasteiger charge is 2.13. The Bertz CT molecular complexity index is 574. The molecule has 1 amide bonds. The number of amides is 1. The summed E-state index contributed by atoms with van der Waals surface area (Å²) in [4.78, 5) is 15.8. The molecule has 2 aromatic rings. The average Bonchev–Trinajstić information content (AvgIpc) is 2.46. The van der Waals surface area contributed by atoms with Crippen molar-refractivity contribution in [1.82, 2.24) is 4.98 Å². The van der Waals surface area contributed by atoms with Crippen molar-refractivity contribution in [3.63, 3.8) is 0 Å². The minimum atomic E-state index is -0.554. The van der Waals surface area contributed by atoms with Gasteiger partial charge in [-0.25, -0.2) is 4.98 Å². The van der Waals surface area contributed by atoms with Crippen molar-refractivity contribution in [3.05, 3.63) is 59.4 Å². The van der Waals surface area contributed by atoms with E-state index in [4.69, 9.17) is 17.3 Å². The number of pyridine rings is 1. The third kappa shape index (κ3) is 4.33. The molecule has 20 heavy (non-hydrogen) atoms. The minimum absolute atomic E-state index is 0.219. The summed E-state index contributed by atoms with van der Waals surface area (Å²) in [6, 6.07) is 12.7. The first-order valence-corrected chi connectivity index (χ1v) is 6.75. The molecule has 104 valence electrons. The van der Waals surface area contributed by atoms with Crippen molar-refractivity contribution < 1.29 is 4.79 Å². The van der Waals surface area contributed by atoms with Crippen molar-refractivity contribution in [1.29, 1.82) is 0 Å². The van der Waals surface area contributed by atoms with Gasteiger partial charge in [-0.15, -0.1) is 0 Å². The van der Waals surface area contributed by atoms with Gasteiger partial charge in [-0.1, -0.05) is 41.9 Å². The molecule has 4 nitrogen and oxygen atoms in total. The smallest absolute Gasteiger partial charge is 0.241 e. The molecular formula is C15H16ClN3O. The molecular weight excluding hydrogens is 274 g/mol. The van der Waals surface area contributed by atoms with Crippen molar-refractivity contribution >= 4 is 23.2 Å². The second-order valence-electron chi connectivity index (χ2n) is 4.49. The van der Waals surface area contributed by atoms with Gasteiger partial charge in [-0.2, -0.15) is 0 Å². The van der Waals surface area contributed by atoms with Crippen LogP contribution in [0.1, 0.15) is 12.0 Å². The van der Waals surface area contributed by atoms with E-state index in [0.29, 0.717) is 17.3 Å². The number of hydrogen-bond acceptors (Lipinski definition) is 3. The summed E-state index contributed by atoms with van der Waals surface area (Å²) < 4.78 is 0. The molecule has 0 aliphatic carbocycles. The molecule has 0 saturated carbocycles. The second kappa shape index (κ2) is 7.03. The Morgan fingerprint density at radius 2 is 2.05 bits per heavy atom. The molecule has 1 heterocycles. The number of carbonyl (C=O) groups is 1. The summed E-state index contributed by atoms with van der Waals surface area (Å²) in [7, 11) is 0. The van der Waals surface area contributed by atoms with Crippen LogP contribution >= 0.6 is 11.6 Å². The zero-order valence-electron chi connectivity index (χ0n) is 10.9. The lowest BCUT2D eigenvalue weighted by molar-refractivity contribution is -0.117. The van der Waals surface area contributed by atoms with Crippen LogP contribution in [0.15, 0.2) is 48.7 Å². The lowest BCUT2D eigenvalue weighted by Gasteiger charge is -2.12. The van der Waals surface area contributed by atoms with Gasteiger partial charge in [0.2, 0.25) is 5.91 Å². The first-order valence-electron chi connectivity index (χ1n) is 6.37. The lowest BCUT2D eigenvalue weighted by Crippen LogP contribution is -2.36. The van der Waals surface area contributed by atoms with Crippen LogP contribution in [0, 0.1) is 0 Å². The first kappa shape index (κ1) is 14.5. The highest BCUT2D eigenvalue weighted by molar-refractivity contribution is 6.29. The van der Waals surface area contributed by atoms with Gasteiger partial charge in [0.1, 0.15) is 5.15 Å². The molecule has 0 radical (unpaired) electrons. The molecule has 1 aromatic heterocycles. The number of halogens is 1. The number of carbonyl (C=O) groups excluding carboxylic acids is 1. The predicted octanol–water partition coefficient (Wildman–Crippen LogP) is 2.63. The number of nitrogens with one attached hydrogen (secondary N) is 1. The molecule has 3 N–H and O–H groups in total. The van der Waals surface area contributed by atoms with E-state index >= 15 is 0 Å². The van der Waals surface area contributed by atoms with Gasteiger partial charge < -0.3 is 11.1 Å². The van der Waals surface area contributed by atoms with Crippen LogP contribution in [0.25, 0.3) is 0 Å². The zero-order chi connectivity index (χ0) is 14.4. The Hall–Kier alpha value is -1.91. The standard InChI is InChI=1S/C15H16ClN3O/c16-14-10-12(8-9-18-14)19-15(20)13(17)7-6-11-4-2-1-3-5-11/h1-5,8-10,13H,6-7,17H2,(H,18,19,20). The Labute approximate surface area is 123 Å². The van der Waals surface area contributed by atoms with Crippen molar-refractivity contribution in [3.8, 4) is 0 Å². The number of benzene rings is 1. The average molecular weight is 290 g/mol. The number of nitrogens with zero attached hydrogens (tertiary/aromatic N) is 1. The monoisotopic (exact) mass is 289 g/mol. The van der Waals surface area contributed by atoms with Crippen LogP contribution in [0.2, 0.25) is 5.15 Å². The van der Waals surface area contributed by atoms with Gasteiger partial charge in [-0.3, -0.25) is 4.79 Å². The van der Waals surface area contributed by atoms with Crippen LogP contribution in [0.5, 0.6) is 0 Å². The molecule has 0 fully saturated rings. The predicted molar refractivity (Wildman–Crippen MR) is 80.6 cm³/mol. The normalized spacial score (nSPS) is 11.9. The van der Waals surface area contributed by atoms with E-state index in [2.05, 4.69) is 10.3 Å². The molecule has 1 atom stereocenters. The van der Waals surface area contributed by atoms with Crippen LogP contribution in [0.4, 0.5) is 5.69 Å². The minimum Gasteiger partial charge on any atom is -0.325 e. The van der Waals surface area contributed by atoms with E-state index in [1.807, 2.05) is 30.3 Å². The summed E-state index contributed by atoms with van der Waals surface area (Å²) in [5.41, 5.74) is 7.66. The maximum absolute atomic E-state index is 11.9. The van der Waals surface area contributed by atoms with E-state index < -0.39 is 6.04 Å². The second-order valence-corrected chi connectivity index (χ2v) is 4.87. The van der Waals surface area contributed by atoms with Crippen LogP contribution < -0.4 is 11.1 Å². The van der Waals surface area contributed by atoms with E-state index in [1.165, 1.54) is 11.8 Å². The number of aryl methyl sites for hydroxylation is 1. The lowest BCUT2D eigenvalue weighted by atomic mass is 10.1. The fraction of sp³-hybridized carbons (Fsp3) is 0.200.